The Morgan fingerprint density at radius 2 is 1.38 bits per heavy atom. The van der Waals surface area contributed by atoms with Crippen molar-refractivity contribution in [1.29, 1.82) is 0 Å². The Kier molecular flexibility index (Phi) is 5.92. The summed E-state index contributed by atoms with van der Waals surface area (Å²) in [7, 11) is 7.58. The molecule has 2 aromatic carbocycles. The molecule has 0 aliphatic carbocycles. The molecule has 0 unspecified atom stereocenters. The molecule has 152 valence electrons. The van der Waals surface area contributed by atoms with Crippen LogP contribution in [0.4, 0.5) is 0 Å². The van der Waals surface area contributed by atoms with Crippen LogP contribution in [0.5, 0.6) is 28.7 Å². The van der Waals surface area contributed by atoms with Gasteiger partial charge in [-0.25, -0.2) is 9.79 Å². The first-order chi connectivity index (χ1) is 14.1. The number of nitrogens with zero attached hydrogens (tertiary/aromatic N) is 1. The molecular weight excluding hydrogens is 378 g/mol. The largest absolute Gasteiger partial charge is 0.496 e. The fraction of sp³-hybridized carbons (Fsp3) is 0.238. The summed E-state index contributed by atoms with van der Waals surface area (Å²) in [6, 6.07) is 8.65. The SMILES string of the molecule is COc1cc(/C=C2/N=C(c3c(OC)cccc3OC)OC2=O)cc(OC)c1OC. The Bertz CT molecular complexity index is 947. The first-order valence-electron chi connectivity index (χ1n) is 8.60. The van der Waals surface area contributed by atoms with Gasteiger partial charge < -0.3 is 28.4 Å². The maximum Gasteiger partial charge on any atom is 0.363 e. The summed E-state index contributed by atoms with van der Waals surface area (Å²) in [6.45, 7) is 0. The molecule has 8 heteroatoms. The number of methoxy groups -OCH3 is 5. The third kappa shape index (κ3) is 3.82. The van der Waals surface area contributed by atoms with E-state index < -0.39 is 5.97 Å². The molecule has 3 rings (SSSR count). The van der Waals surface area contributed by atoms with Crippen LogP contribution in [0.2, 0.25) is 0 Å². The summed E-state index contributed by atoms with van der Waals surface area (Å²) in [5, 5.41) is 0. The van der Waals surface area contributed by atoms with Gasteiger partial charge in [0.05, 0.1) is 35.5 Å². The highest BCUT2D eigenvalue weighted by Gasteiger charge is 2.29. The van der Waals surface area contributed by atoms with E-state index in [1.165, 1.54) is 35.5 Å². The molecule has 1 aliphatic heterocycles. The summed E-state index contributed by atoms with van der Waals surface area (Å²) in [6.07, 6.45) is 1.57. The number of rotatable bonds is 7. The highest BCUT2D eigenvalue weighted by molar-refractivity contribution is 6.14. The van der Waals surface area contributed by atoms with Crippen LogP contribution in [0.1, 0.15) is 11.1 Å². The topological polar surface area (TPSA) is 84.8 Å². The zero-order chi connectivity index (χ0) is 21.0. The lowest BCUT2D eigenvalue weighted by Crippen LogP contribution is -2.08. The predicted molar refractivity (Wildman–Crippen MR) is 106 cm³/mol. The van der Waals surface area contributed by atoms with E-state index in [0.29, 0.717) is 39.9 Å². The third-order valence-electron chi connectivity index (χ3n) is 4.25. The van der Waals surface area contributed by atoms with Gasteiger partial charge in [0.15, 0.2) is 17.2 Å². The molecule has 0 saturated heterocycles. The van der Waals surface area contributed by atoms with Gasteiger partial charge in [-0.05, 0) is 35.9 Å². The first kappa shape index (κ1) is 20.1. The lowest BCUT2D eigenvalue weighted by atomic mass is 10.1. The number of cyclic esters (lactones) is 1. The van der Waals surface area contributed by atoms with E-state index in [-0.39, 0.29) is 11.6 Å². The van der Waals surface area contributed by atoms with Crippen molar-refractivity contribution >= 4 is 17.9 Å². The van der Waals surface area contributed by atoms with Gasteiger partial charge in [0.25, 0.3) is 0 Å². The number of hydrogen-bond acceptors (Lipinski definition) is 8. The summed E-state index contributed by atoms with van der Waals surface area (Å²) < 4.78 is 32.1. The Morgan fingerprint density at radius 3 is 1.86 bits per heavy atom. The van der Waals surface area contributed by atoms with Crippen molar-refractivity contribution in [1.82, 2.24) is 0 Å². The van der Waals surface area contributed by atoms with Gasteiger partial charge in [-0.2, -0.15) is 0 Å². The van der Waals surface area contributed by atoms with Crippen molar-refractivity contribution < 1.29 is 33.2 Å². The molecule has 0 atom stereocenters. The normalized spacial score (nSPS) is 14.3. The summed E-state index contributed by atoms with van der Waals surface area (Å²) in [5.74, 6) is 1.83. The third-order valence-corrected chi connectivity index (χ3v) is 4.25. The number of carbonyl (C=O) groups is 1. The number of aliphatic imine (C=N–C) groups is 1. The van der Waals surface area contributed by atoms with Crippen LogP contribution in [0, 0.1) is 0 Å². The summed E-state index contributed by atoms with van der Waals surface area (Å²) in [4.78, 5) is 16.8. The van der Waals surface area contributed by atoms with Crippen LogP contribution >= 0.6 is 0 Å². The molecule has 0 spiro atoms. The number of ether oxygens (including phenoxy) is 6. The lowest BCUT2D eigenvalue weighted by Gasteiger charge is -2.12. The van der Waals surface area contributed by atoms with Crippen molar-refractivity contribution in [3.63, 3.8) is 0 Å². The van der Waals surface area contributed by atoms with E-state index in [1.807, 2.05) is 0 Å². The van der Waals surface area contributed by atoms with E-state index in [0.717, 1.165) is 0 Å². The molecule has 0 amide bonds. The van der Waals surface area contributed by atoms with Crippen LogP contribution in [-0.4, -0.2) is 47.4 Å². The van der Waals surface area contributed by atoms with Crippen molar-refractivity contribution in [2.24, 2.45) is 4.99 Å². The Labute approximate surface area is 168 Å². The quantitative estimate of drug-likeness (QED) is 0.522. The first-order valence-corrected chi connectivity index (χ1v) is 8.60. The maximum absolute atomic E-state index is 12.4. The molecule has 0 radical (unpaired) electrons. The molecule has 29 heavy (non-hydrogen) atoms. The predicted octanol–water partition coefficient (Wildman–Crippen LogP) is 3.07. The Balaban J connectivity index is 2.07. The van der Waals surface area contributed by atoms with E-state index >= 15 is 0 Å². The molecule has 8 nitrogen and oxygen atoms in total. The van der Waals surface area contributed by atoms with E-state index in [9.17, 15) is 4.79 Å². The van der Waals surface area contributed by atoms with Crippen LogP contribution < -0.4 is 23.7 Å². The van der Waals surface area contributed by atoms with E-state index in [2.05, 4.69) is 4.99 Å². The zero-order valence-electron chi connectivity index (χ0n) is 16.8. The molecule has 1 heterocycles. The number of hydrogen-bond donors (Lipinski definition) is 0. The van der Waals surface area contributed by atoms with Gasteiger partial charge in [0.1, 0.15) is 17.1 Å². The van der Waals surface area contributed by atoms with Crippen molar-refractivity contribution in [3.05, 3.63) is 47.2 Å². The minimum absolute atomic E-state index is 0.1000. The minimum atomic E-state index is -0.596. The molecule has 2 aromatic rings. The lowest BCUT2D eigenvalue weighted by molar-refractivity contribution is -0.129. The summed E-state index contributed by atoms with van der Waals surface area (Å²) >= 11 is 0. The smallest absolute Gasteiger partial charge is 0.363 e. The molecule has 0 bridgehead atoms. The van der Waals surface area contributed by atoms with Gasteiger partial charge >= 0.3 is 5.97 Å². The molecule has 0 saturated carbocycles. The number of carbonyl (C=O) groups excluding carboxylic acids is 1. The second kappa shape index (κ2) is 8.55. The Morgan fingerprint density at radius 1 is 0.828 bits per heavy atom. The van der Waals surface area contributed by atoms with Gasteiger partial charge in [-0.3, -0.25) is 0 Å². The number of benzene rings is 2. The summed E-state index contributed by atoms with van der Waals surface area (Å²) in [5.41, 5.74) is 1.20. The van der Waals surface area contributed by atoms with Gasteiger partial charge in [0.2, 0.25) is 11.6 Å². The van der Waals surface area contributed by atoms with Crippen LogP contribution in [-0.2, 0) is 9.53 Å². The molecule has 0 N–H and O–H groups in total. The standard InChI is InChI=1S/C21H21NO7/c1-24-14-7-6-8-15(25-2)18(14)20-22-13(21(23)29-20)9-12-10-16(26-3)19(28-5)17(11-12)27-4/h6-11H,1-5H3/b13-9+. The highest BCUT2D eigenvalue weighted by Crippen LogP contribution is 2.39. The second-order valence-electron chi connectivity index (χ2n) is 5.83. The van der Waals surface area contributed by atoms with Crippen LogP contribution in [0.25, 0.3) is 6.08 Å². The molecule has 0 fully saturated rings. The maximum atomic E-state index is 12.4. The van der Waals surface area contributed by atoms with Gasteiger partial charge in [-0.15, -0.1) is 0 Å². The number of esters is 1. The average Bonchev–Trinajstić information content (AvgIpc) is 3.11. The Hall–Kier alpha value is -3.68. The molecule has 0 aromatic heterocycles. The van der Waals surface area contributed by atoms with Gasteiger partial charge in [0, 0.05) is 0 Å². The minimum Gasteiger partial charge on any atom is -0.496 e. The van der Waals surface area contributed by atoms with Crippen LogP contribution in [0.3, 0.4) is 0 Å². The zero-order valence-corrected chi connectivity index (χ0v) is 16.8. The fourth-order valence-electron chi connectivity index (χ4n) is 2.92. The van der Waals surface area contributed by atoms with Crippen LogP contribution in [0.15, 0.2) is 41.0 Å². The second-order valence-corrected chi connectivity index (χ2v) is 5.83. The fourth-order valence-corrected chi connectivity index (χ4v) is 2.92. The molecule has 1 aliphatic rings. The highest BCUT2D eigenvalue weighted by atomic mass is 16.6. The van der Waals surface area contributed by atoms with Crippen molar-refractivity contribution in [2.75, 3.05) is 35.5 Å². The van der Waals surface area contributed by atoms with Crippen molar-refractivity contribution in [2.45, 2.75) is 0 Å². The van der Waals surface area contributed by atoms with E-state index in [4.69, 9.17) is 28.4 Å². The average molecular weight is 399 g/mol. The van der Waals surface area contributed by atoms with E-state index in [1.54, 1.807) is 36.4 Å². The van der Waals surface area contributed by atoms with Crippen molar-refractivity contribution in [3.8, 4) is 28.7 Å². The monoisotopic (exact) mass is 399 g/mol. The van der Waals surface area contributed by atoms with Gasteiger partial charge in [-0.1, -0.05) is 6.07 Å². The molecular formula is C21H21NO7.